The molecule has 1 atom stereocenters. The van der Waals surface area contributed by atoms with Crippen LogP contribution in [0.25, 0.3) is 0 Å². The predicted octanol–water partition coefficient (Wildman–Crippen LogP) is 4.45. The summed E-state index contributed by atoms with van der Waals surface area (Å²) in [5.41, 5.74) is 1.01. The topological polar surface area (TPSA) is 38.7 Å². The average molecular weight is 420 g/mol. The number of methoxy groups -OCH3 is 2. The van der Waals surface area contributed by atoms with E-state index in [9.17, 15) is 9.50 Å². The Morgan fingerprint density at radius 3 is 2.19 bits per heavy atom. The second kappa shape index (κ2) is 6.77. The molecule has 0 saturated heterocycles. The van der Waals surface area contributed by atoms with Crippen LogP contribution in [-0.4, -0.2) is 19.3 Å². The highest BCUT2D eigenvalue weighted by Gasteiger charge is 2.18. The molecule has 2 aromatic carbocycles. The number of hydrogen-bond acceptors (Lipinski definition) is 3. The van der Waals surface area contributed by atoms with E-state index in [0.29, 0.717) is 31.6 Å². The highest BCUT2D eigenvalue weighted by atomic mass is 79.9. The van der Waals surface area contributed by atoms with Gasteiger partial charge in [0.15, 0.2) is 11.5 Å². The van der Waals surface area contributed by atoms with Gasteiger partial charge in [0.25, 0.3) is 0 Å². The summed E-state index contributed by atoms with van der Waals surface area (Å²) in [4.78, 5) is 0. The summed E-state index contributed by atoms with van der Waals surface area (Å²) in [6.07, 6.45) is -0.984. The van der Waals surface area contributed by atoms with Crippen molar-refractivity contribution in [3.05, 3.63) is 56.2 Å². The number of aliphatic hydroxyl groups excluding tert-OH is 1. The van der Waals surface area contributed by atoms with Gasteiger partial charge in [0.05, 0.1) is 18.7 Å². The fourth-order valence-electron chi connectivity index (χ4n) is 1.94. The van der Waals surface area contributed by atoms with Crippen LogP contribution >= 0.6 is 31.9 Å². The summed E-state index contributed by atoms with van der Waals surface area (Å²) in [7, 11) is 3.05. The lowest BCUT2D eigenvalue weighted by Crippen LogP contribution is -2.03. The van der Waals surface area contributed by atoms with Gasteiger partial charge in [0, 0.05) is 10.0 Å². The van der Waals surface area contributed by atoms with E-state index in [4.69, 9.17) is 9.47 Å². The van der Waals surface area contributed by atoms with Crippen molar-refractivity contribution in [1.29, 1.82) is 0 Å². The van der Waals surface area contributed by atoms with Crippen LogP contribution in [0.5, 0.6) is 11.5 Å². The molecule has 0 aliphatic carbocycles. The monoisotopic (exact) mass is 418 g/mol. The first kappa shape index (κ1) is 16.3. The summed E-state index contributed by atoms with van der Waals surface area (Å²) in [5.74, 6) is 0.609. The zero-order chi connectivity index (χ0) is 15.6. The average Bonchev–Trinajstić information content (AvgIpc) is 2.49. The second-order valence-electron chi connectivity index (χ2n) is 4.30. The lowest BCUT2D eigenvalue weighted by molar-refractivity contribution is 0.218. The van der Waals surface area contributed by atoms with E-state index in [2.05, 4.69) is 31.9 Å². The number of benzene rings is 2. The van der Waals surface area contributed by atoms with Gasteiger partial charge in [-0.2, -0.15) is 0 Å². The third-order valence-electron chi connectivity index (χ3n) is 3.06. The van der Waals surface area contributed by atoms with Gasteiger partial charge in [-0.1, -0.05) is 22.0 Å². The quantitative estimate of drug-likeness (QED) is 0.795. The van der Waals surface area contributed by atoms with Crippen LogP contribution in [0.2, 0.25) is 0 Å². The third-order valence-corrected chi connectivity index (χ3v) is 4.39. The zero-order valence-electron chi connectivity index (χ0n) is 11.4. The summed E-state index contributed by atoms with van der Waals surface area (Å²) in [5, 5.41) is 10.5. The molecular formula is C15H13Br2FO3. The number of halogens is 3. The summed E-state index contributed by atoms with van der Waals surface area (Å²) in [6.45, 7) is 0. The van der Waals surface area contributed by atoms with Crippen molar-refractivity contribution in [1.82, 2.24) is 0 Å². The largest absolute Gasteiger partial charge is 0.493 e. The fourth-order valence-corrected chi connectivity index (χ4v) is 2.73. The molecule has 112 valence electrons. The van der Waals surface area contributed by atoms with Crippen LogP contribution in [0, 0.1) is 5.82 Å². The Bertz CT molecular complexity index is 662. The van der Waals surface area contributed by atoms with E-state index in [-0.39, 0.29) is 0 Å². The minimum Gasteiger partial charge on any atom is -0.493 e. The Morgan fingerprint density at radius 2 is 1.62 bits per heavy atom. The van der Waals surface area contributed by atoms with Crippen LogP contribution in [0.15, 0.2) is 39.3 Å². The molecule has 0 spiro atoms. The Labute approximate surface area is 139 Å². The van der Waals surface area contributed by atoms with Crippen LogP contribution in [-0.2, 0) is 0 Å². The van der Waals surface area contributed by atoms with E-state index in [0.717, 1.165) is 0 Å². The van der Waals surface area contributed by atoms with Gasteiger partial charge in [-0.05, 0) is 45.8 Å². The van der Waals surface area contributed by atoms with Crippen LogP contribution in [0.4, 0.5) is 4.39 Å². The van der Waals surface area contributed by atoms with Crippen molar-refractivity contribution in [3.8, 4) is 11.5 Å². The summed E-state index contributed by atoms with van der Waals surface area (Å²) in [6, 6.07) is 7.86. The van der Waals surface area contributed by atoms with Crippen molar-refractivity contribution < 1.29 is 19.0 Å². The van der Waals surface area contributed by atoms with E-state index in [1.807, 2.05) is 0 Å². The van der Waals surface area contributed by atoms with Crippen LogP contribution in [0.3, 0.4) is 0 Å². The van der Waals surface area contributed by atoms with Gasteiger partial charge in [-0.15, -0.1) is 0 Å². The minimum atomic E-state index is -0.984. The molecule has 1 N–H and O–H groups in total. The number of ether oxygens (including phenoxy) is 2. The molecule has 0 amide bonds. The number of aliphatic hydroxyl groups is 1. The highest BCUT2D eigenvalue weighted by molar-refractivity contribution is 9.10. The SMILES string of the molecule is COc1cc(Br)c(C(O)c2ccc(Br)c(F)c2)cc1OC. The molecule has 21 heavy (non-hydrogen) atoms. The molecule has 1 unspecified atom stereocenters. The Kier molecular flexibility index (Phi) is 5.24. The fraction of sp³-hybridized carbons (Fsp3) is 0.200. The molecule has 0 aliphatic heterocycles. The molecule has 0 aliphatic rings. The van der Waals surface area contributed by atoms with Gasteiger partial charge in [-0.25, -0.2) is 4.39 Å². The van der Waals surface area contributed by atoms with Crippen LogP contribution in [0.1, 0.15) is 17.2 Å². The lowest BCUT2D eigenvalue weighted by atomic mass is 10.0. The normalized spacial score (nSPS) is 12.1. The Balaban J connectivity index is 2.47. The van der Waals surface area contributed by atoms with Gasteiger partial charge in [0.1, 0.15) is 11.9 Å². The first-order chi connectivity index (χ1) is 9.97. The Hall–Kier alpha value is -1.11. The van der Waals surface area contributed by atoms with Crippen molar-refractivity contribution in [2.24, 2.45) is 0 Å². The molecule has 0 aromatic heterocycles. The number of rotatable bonds is 4. The molecule has 0 heterocycles. The molecular weight excluding hydrogens is 407 g/mol. The maximum atomic E-state index is 13.6. The molecule has 2 aromatic rings. The molecule has 0 radical (unpaired) electrons. The zero-order valence-corrected chi connectivity index (χ0v) is 14.5. The van der Waals surface area contributed by atoms with E-state index in [1.165, 1.54) is 20.3 Å². The molecule has 2 rings (SSSR count). The number of hydrogen-bond donors (Lipinski definition) is 1. The molecule has 0 bridgehead atoms. The maximum Gasteiger partial charge on any atom is 0.161 e. The van der Waals surface area contributed by atoms with Crippen molar-refractivity contribution in [2.75, 3.05) is 14.2 Å². The first-order valence-electron chi connectivity index (χ1n) is 6.02. The second-order valence-corrected chi connectivity index (χ2v) is 6.01. The smallest absolute Gasteiger partial charge is 0.161 e. The Morgan fingerprint density at radius 1 is 1.00 bits per heavy atom. The predicted molar refractivity (Wildman–Crippen MR) is 85.4 cm³/mol. The summed E-state index contributed by atoms with van der Waals surface area (Å²) >= 11 is 6.47. The molecule has 6 heteroatoms. The highest BCUT2D eigenvalue weighted by Crippen LogP contribution is 2.38. The summed E-state index contributed by atoms with van der Waals surface area (Å²) < 4.78 is 25.0. The van der Waals surface area contributed by atoms with Crippen molar-refractivity contribution >= 4 is 31.9 Å². The lowest BCUT2D eigenvalue weighted by Gasteiger charge is -2.17. The standard InChI is InChI=1S/C15H13Br2FO3/c1-20-13-6-9(11(17)7-14(13)21-2)15(19)8-3-4-10(16)12(18)5-8/h3-7,15,19H,1-2H3. The minimum absolute atomic E-state index is 0.352. The molecule has 0 saturated carbocycles. The van der Waals surface area contributed by atoms with Gasteiger partial charge >= 0.3 is 0 Å². The first-order valence-corrected chi connectivity index (χ1v) is 7.61. The van der Waals surface area contributed by atoms with Crippen molar-refractivity contribution in [3.63, 3.8) is 0 Å². The molecule has 3 nitrogen and oxygen atoms in total. The van der Waals surface area contributed by atoms with Crippen molar-refractivity contribution in [2.45, 2.75) is 6.10 Å². The molecule has 0 fully saturated rings. The van der Waals surface area contributed by atoms with Gasteiger partial charge < -0.3 is 14.6 Å². The maximum absolute atomic E-state index is 13.6. The van der Waals surface area contributed by atoms with E-state index >= 15 is 0 Å². The van der Waals surface area contributed by atoms with E-state index in [1.54, 1.807) is 24.3 Å². The van der Waals surface area contributed by atoms with Gasteiger partial charge in [0.2, 0.25) is 0 Å². The van der Waals surface area contributed by atoms with Crippen LogP contribution < -0.4 is 9.47 Å². The third kappa shape index (κ3) is 3.39. The van der Waals surface area contributed by atoms with E-state index < -0.39 is 11.9 Å². The van der Waals surface area contributed by atoms with Gasteiger partial charge in [-0.3, -0.25) is 0 Å².